The van der Waals surface area contributed by atoms with Gasteiger partial charge >= 0.3 is 0 Å². The first-order valence-corrected chi connectivity index (χ1v) is 7.65. The molecule has 1 aliphatic carbocycles. The van der Waals surface area contributed by atoms with Gasteiger partial charge in [0, 0.05) is 20.0 Å². The summed E-state index contributed by atoms with van der Waals surface area (Å²) in [7, 11) is 1.90. The molecule has 0 aromatic carbocycles. The Morgan fingerprint density at radius 1 is 1.48 bits per heavy atom. The predicted molar refractivity (Wildman–Crippen MR) is 77.4 cm³/mol. The van der Waals surface area contributed by atoms with Crippen molar-refractivity contribution in [2.75, 3.05) is 19.7 Å². The van der Waals surface area contributed by atoms with E-state index in [4.69, 9.17) is 4.74 Å². The van der Waals surface area contributed by atoms with Crippen molar-refractivity contribution in [1.82, 2.24) is 19.7 Å². The highest BCUT2D eigenvalue weighted by Gasteiger charge is 2.28. The number of hydrogen-bond acceptors (Lipinski definition) is 4. The summed E-state index contributed by atoms with van der Waals surface area (Å²) in [6.45, 7) is 1.79. The summed E-state index contributed by atoms with van der Waals surface area (Å²) in [6, 6.07) is 0. The van der Waals surface area contributed by atoms with Gasteiger partial charge in [0.2, 0.25) is 5.91 Å². The second-order valence-electron chi connectivity index (χ2n) is 5.78. The number of ether oxygens (including phenoxy) is 1. The normalized spacial score (nSPS) is 23.0. The minimum absolute atomic E-state index is 0.171. The highest BCUT2D eigenvalue weighted by Crippen LogP contribution is 2.24. The largest absolute Gasteiger partial charge is 0.366 e. The third-order valence-electron chi connectivity index (χ3n) is 4.22. The average Bonchev–Trinajstić information content (AvgIpc) is 2.94. The molecule has 6 heteroatoms. The number of allylic oxidation sites excluding steroid dienone is 1. The molecule has 0 saturated carbocycles. The maximum absolute atomic E-state index is 12.5. The first-order chi connectivity index (χ1) is 10.2. The Hall–Kier alpha value is -1.69. The third-order valence-corrected chi connectivity index (χ3v) is 4.22. The molecular weight excluding hydrogens is 268 g/mol. The number of carbonyl (C=O) groups is 1. The SMILES string of the molecule is Cn1cnnc1[C@H]1CN(C(=O)CC2=CCCCC2)CCO1. The van der Waals surface area contributed by atoms with Gasteiger partial charge in [0.15, 0.2) is 5.82 Å². The molecule has 0 spiro atoms. The van der Waals surface area contributed by atoms with Gasteiger partial charge in [-0.3, -0.25) is 4.79 Å². The van der Waals surface area contributed by atoms with E-state index in [0.29, 0.717) is 26.1 Å². The summed E-state index contributed by atoms with van der Waals surface area (Å²) >= 11 is 0. The Kier molecular flexibility index (Phi) is 4.34. The number of nitrogens with zero attached hydrogens (tertiary/aromatic N) is 4. The number of rotatable bonds is 3. The van der Waals surface area contributed by atoms with Gasteiger partial charge in [-0.1, -0.05) is 11.6 Å². The average molecular weight is 290 g/mol. The van der Waals surface area contributed by atoms with Crippen LogP contribution in [0.2, 0.25) is 0 Å². The van der Waals surface area contributed by atoms with Gasteiger partial charge in [-0.05, 0) is 25.7 Å². The van der Waals surface area contributed by atoms with Crippen LogP contribution in [0.15, 0.2) is 18.0 Å². The van der Waals surface area contributed by atoms with Gasteiger partial charge in [-0.25, -0.2) is 0 Å². The molecule has 0 bridgehead atoms. The Labute approximate surface area is 124 Å². The minimum Gasteiger partial charge on any atom is -0.366 e. The summed E-state index contributed by atoms with van der Waals surface area (Å²) in [4.78, 5) is 14.4. The summed E-state index contributed by atoms with van der Waals surface area (Å²) < 4.78 is 7.59. The van der Waals surface area contributed by atoms with E-state index in [1.807, 2.05) is 16.5 Å². The van der Waals surface area contributed by atoms with Gasteiger partial charge in [0.05, 0.1) is 13.2 Å². The van der Waals surface area contributed by atoms with Crippen molar-refractivity contribution in [3.05, 3.63) is 23.8 Å². The van der Waals surface area contributed by atoms with Crippen molar-refractivity contribution < 1.29 is 9.53 Å². The molecule has 3 rings (SSSR count). The van der Waals surface area contributed by atoms with Crippen LogP contribution in [0.5, 0.6) is 0 Å². The quantitative estimate of drug-likeness (QED) is 0.793. The van der Waals surface area contributed by atoms with E-state index in [9.17, 15) is 4.79 Å². The van der Waals surface area contributed by atoms with Crippen molar-refractivity contribution in [1.29, 1.82) is 0 Å². The van der Waals surface area contributed by atoms with E-state index >= 15 is 0 Å². The highest BCUT2D eigenvalue weighted by atomic mass is 16.5. The second kappa shape index (κ2) is 6.39. The Morgan fingerprint density at radius 2 is 2.38 bits per heavy atom. The topological polar surface area (TPSA) is 60.2 Å². The van der Waals surface area contributed by atoms with E-state index in [-0.39, 0.29) is 12.0 Å². The van der Waals surface area contributed by atoms with Crippen LogP contribution in [0.1, 0.15) is 44.0 Å². The Bertz CT molecular complexity index is 538. The number of morpholine rings is 1. The third kappa shape index (κ3) is 3.32. The molecule has 1 aromatic rings. The van der Waals surface area contributed by atoms with Crippen molar-refractivity contribution >= 4 is 5.91 Å². The maximum atomic E-state index is 12.5. The van der Waals surface area contributed by atoms with Crippen LogP contribution in [0.3, 0.4) is 0 Å². The smallest absolute Gasteiger partial charge is 0.226 e. The van der Waals surface area contributed by atoms with E-state index in [1.54, 1.807) is 6.33 Å². The summed E-state index contributed by atoms with van der Waals surface area (Å²) in [5.41, 5.74) is 1.30. The zero-order chi connectivity index (χ0) is 14.7. The first kappa shape index (κ1) is 14.3. The number of aryl methyl sites for hydroxylation is 1. The zero-order valence-corrected chi connectivity index (χ0v) is 12.5. The molecular formula is C15H22N4O2. The van der Waals surface area contributed by atoms with E-state index < -0.39 is 0 Å². The molecule has 1 fully saturated rings. The van der Waals surface area contributed by atoms with Crippen molar-refractivity contribution in [2.45, 2.75) is 38.2 Å². The fourth-order valence-electron chi connectivity index (χ4n) is 2.99. The number of carbonyl (C=O) groups excluding carboxylic acids is 1. The molecule has 21 heavy (non-hydrogen) atoms. The molecule has 0 N–H and O–H groups in total. The fraction of sp³-hybridized carbons (Fsp3) is 0.667. The first-order valence-electron chi connectivity index (χ1n) is 7.65. The lowest BCUT2D eigenvalue weighted by molar-refractivity contribution is -0.138. The fourth-order valence-corrected chi connectivity index (χ4v) is 2.99. The van der Waals surface area contributed by atoms with Crippen LogP contribution in [0.25, 0.3) is 0 Å². The molecule has 1 amide bonds. The van der Waals surface area contributed by atoms with Crippen LogP contribution >= 0.6 is 0 Å². The molecule has 1 aliphatic heterocycles. The van der Waals surface area contributed by atoms with Gasteiger partial charge in [-0.15, -0.1) is 10.2 Å². The molecule has 114 valence electrons. The van der Waals surface area contributed by atoms with Crippen molar-refractivity contribution in [2.24, 2.45) is 7.05 Å². The van der Waals surface area contributed by atoms with Crippen LogP contribution in [-0.4, -0.2) is 45.3 Å². The van der Waals surface area contributed by atoms with E-state index in [2.05, 4.69) is 16.3 Å². The van der Waals surface area contributed by atoms with Crippen LogP contribution < -0.4 is 0 Å². The molecule has 0 radical (unpaired) electrons. The molecule has 6 nitrogen and oxygen atoms in total. The molecule has 1 atom stereocenters. The van der Waals surface area contributed by atoms with Crippen LogP contribution in [0, 0.1) is 0 Å². The molecule has 2 heterocycles. The minimum atomic E-state index is -0.171. The number of hydrogen-bond donors (Lipinski definition) is 0. The lowest BCUT2D eigenvalue weighted by Gasteiger charge is -2.32. The molecule has 0 unspecified atom stereocenters. The zero-order valence-electron chi connectivity index (χ0n) is 12.5. The molecule has 1 aromatic heterocycles. The van der Waals surface area contributed by atoms with Crippen LogP contribution in [-0.2, 0) is 16.6 Å². The number of aromatic nitrogens is 3. The summed E-state index contributed by atoms with van der Waals surface area (Å²) in [5.74, 6) is 0.989. The monoisotopic (exact) mass is 290 g/mol. The highest BCUT2D eigenvalue weighted by molar-refractivity contribution is 5.78. The van der Waals surface area contributed by atoms with Gasteiger partial charge < -0.3 is 14.2 Å². The van der Waals surface area contributed by atoms with Crippen LogP contribution in [0.4, 0.5) is 0 Å². The van der Waals surface area contributed by atoms with Crippen molar-refractivity contribution in [3.8, 4) is 0 Å². The van der Waals surface area contributed by atoms with Crippen molar-refractivity contribution in [3.63, 3.8) is 0 Å². The maximum Gasteiger partial charge on any atom is 0.226 e. The summed E-state index contributed by atoms with van der Waals surface area (Å²) in [5, 5.41) is 7.97. The molecule has 1 saturated heterocycles. The number of amides is 1. The second-order valence-corrected chi connectivity index (χ2v) is 5.78. The Morgan fingerprint density at radius 3 is 3.10 bits per heavy atom. The van der Waals surface area contributed by atoms with Gasteiger partial charge in [0.25, 0.3) is 0 Å². The van der Waals surface area contributed by atoms with E-state index in [1.165, 1.54) is 18.4 Å². The van der Waals surface area contributed by atoms with E-state index in [0.717, 1.165) is 18.7 Å². The predicted octanol–water partition coefficient (Wildman–Crippen LogP) is 1.61. The Balaban J connectivity index is 1.61. The lowest BCUT2D eigenvalue weighted by Crippen LogP contribution is -2.43. The summed E-state index contributed by atoms with van der Waals surface area (Å²) in [6.07, 6.45) is 8.94. The lowest BCUT2D eigenvalue weighted by atomic mass is 9.97. The molecule has 2 aliphatic rings. The van der Waals surface area contributed by atoms with Gasteiger partial charge in [0.1, 0.15) is 12.4 Å². The van der Waals surface area contributed by atoms with Gasteiger partial charge in [-0.2, -0.15) is 0 Å². The standard InChI is InChI=1S/C15H22N4O2/c1-18-11-16-17-15(18)13-10-19(7-8-21-13)14(20)9-12-5-3-2-4-6-12/h5,11,13H,2-4,6-10H2,1H3/t13-/m1/s1.